The van der Waals surface area contributed by atoms with E-state index < -0.39 is 11.4 Å². The number of nitrogens with zero attached hydrogens (tertiary/aromatic N) is 1. The van der Waals surface area contributed by atoms with E-state index in [1.165, 1.54) is 0 Å². The van der Waals surface area contributed by atoms with Crippen molar-refractivity contribution in [3.05, 3.63) is 0 Å². The van der Waals surface area contributed by atoms with Crippen molar-refractivity contribution in [2.24, 2.45) is 17.3 Å². The lowest BCUT2D eigenvalue weighted by molar-refractivity contribution is -0.150. The second kappa shape index (κ2) is 4.29. The molecule has 0 aromatic rings. The van der Waals surface area contributed by atoms with Gasteiger partial charge in [-0.05, 0) is 12.3 Å². The van der Waals surface area contributed by atoms with Crippen LogP contribution in [0.15, 0.2) is 0 Å². The number of carbonyl (C=O) groups is 2. The Morgan fingerprint density at radius 1 is 1.35 bits per heavy atom. The van der Waals surface area contributed by atoms with E-state index in [1.54, 1.807) is 4.90 Å². The summed E-state index contributed by atoms with van der Waals surface area (Å²) in [6, 6.07) is 0. The summed E-state index contributed by atoms with van der Waals surface area (Å²) in [6.45, 7) is 6.04. The predicted octanol–water partition coefficient (Wildman–Crippen LogP) is 0.592. The minimum Gasteiger partial charge on any atom is -0.481 e. The molecule has 0 bridgehead atoms. The normalized spacial score (nSPS) is 32.6. The number of aliphatic carboxylic acids is 1. The number of amides is 1. The van der Waals surface area contributed by atoms with Gasteiger partial charge in [-0.3, -0.25) is 9.59 Å². The van der Waals surface area contributed by atoms with Crippen molar-refractivity contribution in [2.45, 2.75) is 20.3 Å². The van der Waals surface area contributed by atoms with Gasteiger partial charge in [0, 0.05) is 13.1 Å². The Bertz CT molecular complexity index is 335. The van der Waals surface area contributed by atoms with E-state index in [2.05, 4.69) is 0 Å². The van der Waals surface area contributed by atoms with Crippen LogP contribution in [0.1, 0.15) is 20.3 Å². The molecule has 5 nitrogen and oxygen atoms in total. The first-order chi connectivity index (χ1) is 8.00. The summed E-state index contributed by atoms with van der Waals surface area (Å²) in [5, 5.41) is 9.30. The van der Waals surface area contributed by atoms with Crippen molar-refractivity contribution in [2.75, 3.05) is 26.3 Å². The van der Waals surface area contributed by atoms with E-state index in [9.17, 15) is 14.7 Å². The van der Waals surface area contributed by atoms with Crippen molar-refractivity contribution in [3.63, 3.8) is 0 Å². The Hall–Kier alpha value is -1.10. The topological polar surface area (TPSA) is 66.8 Å². The molecule has 2 unspecified atom stereocenters. The number of rotatable bonds is 3. The van der Waals surface area contributed by atoms with Gasteiger partial charge in [-0.15, -0.1) is 0 Å². The summed E-state index contributed by atoms with van der Waals surface area (Å²) in [7, 11) is 0. The average Bonchev–Trinajstić information content (AvgIpc) is 3.06. The number of carbonyl (C=O) groups excluding carboxylic acids is 1. The largest absolute Gasteiger partial charge is 0.481 e. The van der Waals surface area contributed by atoms with Gasteiger partial charge in [-0.25, -0.2) is 0 Å². The van der Waals surface area contributed by atoms with Crippen LogP contribution in [0.4, 0.5) is 0 Å². The minimum absolute atomic E-state index is 0.00464. The first kappa shape index (κ1) is 12.4. The monoisotopic (exact) mass is 241 g/mol. The van der Waals surface area contributed by atoms with Crippen LogP contribution in [0.3, 0.4) is 0 Å². The molecule has 1 aliphatic heterocycles. The number of ether oxygens (including phenoxy) is 1. The molecule has 1 N–H and O–H groups in total. The molecule has 0 aromatic heterocycles. The molecule has 0 aromatic carbocycles. The number of carboxylic acids is 1. The predicted molar refractivity (Wildman–Crippen MR) is 60.4 cm³/mol. The van der Waals surface area contributed by atoms with E-state index in [0.29, 0.717) is 32.7 Å². The Balaban J connectivity index is 2.05. The van der Waals surface area contributed by atoms with E-state index in [-0.39, 0.29) is 17.7 Å². The van der Waals surface area contributed by atoms with Gasteiger partial charge in [0.15, 0.2) is 0 Å². The highest BCUT2D eigenvalue weighted by molar-refractivity contribution is 5.93. The number of hydrogen-bond donors (Lipinski definition) is 1. The first-order valence-electron chi connectivity index (χ1n) is 6.10. The molecule has 1 amide bonds. The van der Waals surface area contributed by atoms with Crippen molar-refractivity contribution < 1.29 is 19.4 Å². The summed E-state index contributed by atoms with van der Waals surface area (Å²) in [5.41, 5.74) is -0.824. The van der Waals surface area contributed by atoms with E-state index in [0.717, 1.165) is 0 Å². The maximum Gasteiger partial charge on any atom is 0.310 e. The van der Waals surface area contributed by atoms with Crippen molar-refractivity contribution in [1.29, 1.82) is 0 Å². The fourth-order valence-electron chi connectivity index (χ4n) is 2.71. The molecule has 1 saturated heterocycles. The SMILES string of the molecule is CC(C)C1(C(=O)O)CC1C(=O)N1CCOCC1. The second-order valence-corrected chi connectivity index (χ2v) is 5.19. The summed E-state index contributed by atoms with van der Waals surface area (Å²) >= 11 is 0. The van der Waals surface area contributed by atoms with Gasteiger partial charge in [-0.2, -0.15) is 0 Å². The van der Waals surface area contributed by atoms with Gasteiger partial charge in [0.05, 0.1) is 24.5 Å². The second-order valence-electron chi connectivity index (χ2n) is 5.19. The summed E-state index contributed by atoms with van der Waals surface area (Å²) < 4.78 is 5.19. The zero-order valence-electron chi connectivity index (χ0n) is 10.3. The van der Waals surface area contributed by atoms with Gasteiger partial charge in [0.1, 0.15) is 0 Å². The zero-order chi connectivity index (χ0) is 12.6. The van der Waals surface area contributed by atoms with Crippen LogP contribution in [0.25, 0.3) is 0 Å². The molecule has 1 aliphatic carbocycles. The minimum atomic E-state index is -0.834. The van der Waals surface area contributed by atoms with Crippen LogP contribution in [0, 0.1) is 17.3 Å². The molecule has 2 rings (SSSR count). The molecule has 0 spiro atoms. The van der Waals surface area contributed by atoms with E-state index in [1.807, 2.05) is 13.8 Å². The smallest absolute Gasteiger partial charge is 0.310 e. The average molecular weight is 241 g/mol. The third-order valence-electron chi connectivity index (χ3n) is 4.05. The van der Waals surface area contributed by atoms with Crippen molar-refractivity contribution >= 4 is 11.9 Å². The molecule has 1 saturated carbocycles. The van der Waals surface area contributed by atoms with Crippen LogP contribution in [-0.4, -0.2) is 48.2 Å². The Labute approximate surface area is 101 Å². The van der Waals surface area contributed by atoms with Crippen molar-refractivity contribution in [3.8, 4) is 0 Å². The molecule has 5 heteroatoms. The standard InChI is InChI=1S/C12H19NO4/c1-8(2)12(11(15)16)7-9(12)10(14)13-3-5-17-6-4-13/h8-9H,3-7H2,1-2H3,(H,15,16). The fraction of sp³-hybridized carbons (Fsp3) is 0.833. The molecule has 2 aliphatic rings. The first-order valence-corrected chi connectivity index (χ1v) is 6.10. The zero-order valence-corrected chi connectivity index (χ0v) is 10.3. The molecular formula is C12H19NO4. The van der Waals surface area contributed by atoms with Crippen LogP contribution in [0.2, 0.25) is 0 Å². The van der Waals surface area contributed by atoms with E-state index >= 15 is 0 Å². The molecule has 2 atom stereocenters. The third kappa shape index (κ3) is 1.92. The number of carboxylic acid groups (broad SMARTS) is 1. The molecule has 2 fully saturated rings. The van der Waals surface area contributed by atoms with Crippen LogP contribution in [-0.2, 0) is 14.3 Å². The van der Waals surface area contributed by atoms with Gasteiger partial charge in [-0.1, -0.05) is 13.8 Å². The molecule has 17 heavy (non-hydrogen) atoms. The Morgan fingerprint density at radius 2 is 1.94 bits per heavy atom. The fourth-order valence-corrected chi connectivity index (χ4v) is 2.71. The van der Waals surface area contributed by atoms with Gasteiger partial charge >= 0.3 is 5.97 Å². The van der Waals surface area contributed by atoms with Crippen molar-refractivity contribution in [1.82, 2.24) is 4.90 Å². The van der Waals surface area contributed by atoms with Gasteiger partial charge < -0.3 is 14.7 Å². The lowest BCUT2D eigenvalue weighted by Gasteiger charge is -2.28. The lowest BCUT2D eigenvalue weighted by atomic mass is 9.89. The molecule has 1 heterocycles. The molecule has 0 radical (unpaired) electrons. The highest BCUT2D eigenvalue weighted by atomic mass is 16.5. The number of morpholine rings is 1. The van der Waals surface area contributed by atoms with Gasteiger partial charge in [0.25, 0.3) is 0 Å². The number of hydrogen-bond acceptors (Lipinski definition) is 3. The highest BCUT2D eigenvalue weighted by Crippen LogP contribution is 2.58. The summed E-state index contributed by atoms with van der Waals surface area (Å²) in [6.07, 6.45) is 0.482. The lowest BCUT2D eigenvalue weighted by Crippen LogP contribution is -2.43. The molecular weight excluding hydrogens is 222 g/mol. The third-order valence-corrected chi connectivity index (χ3v) is 4.05. The van der Waals surface area contributed by atoms with Crippen LogP contribution in [0.5, 0.6) is 0 Å². The van der Waals surface area contributed by atoms with Gasteiger partial charge in [0.2, 0.25) is 5.91 Å². The van der Waals surface area contributed by atoms with Crippen LogP contribution >= 0.6 is 0 Å². The maximum absolute atomic E-state index is 12.2. The Kier molecular flexibility index (Phi) is 3.12. The quantitative estimate of drug-likeness (QED) is 0.785. The van der Waals surface area contributed by atoms with E-state index in [4.69, 9.17) is 4.74 Å². The summed E-state index contributed by atoms with van der Waals surface area (Å²) in [4.78, 5) is 25.3. The maximum atomic E-state index is 12.2. The Morgan fingerprint density at radius 3 is 2.35 bits per heavy atom. The summed E-state index contributed by atoms with van der Waals surface area (Å²) in [5.74, 6) is -1.18. The highest BCUT2D eigenvalue weighted by Gasteiger charge is 2.66. The van der Waals surface area contributed by atoms with Crippen LogP contribution < -0.4 is 0 Å². The molecule has 96 valence electrons.